The molecule has 0 bridgehead atoms. The van der Waals surface area contributed by atoms with Crippen LogP contribution in [0.2, 0.25) is 0 Å². The summed E-state index contributed by atoms with van der Waals surface area (Å²) in [6.07, 6.45) is 2.35. The number of nitrogens with one attached hydrogen (secondary N) is 1. The summed E-state index contributed by atoms with van der Waals surface area (Å²) in [5.41, 5.74) is 2.19. The molecule has 0 aliphatic carbocycles. The Balaban J connectivity index is 1.58. The molecule has 2 aromatic rings. The Morgan fingerprint density at radius 1 is 1.14 bits per heavy atom. The topological polar surface area (TPSA) is 95.8 Å². The molecule has 29 heavy (non-hydrogen) atoms. The summed E-state index contributed by atoms with van der Waals surface area (Å²) in [5.74, 6) is -0.757. The number of carbonyl (C=O) groups is 2. The predicted molar refractivity (Wildman–Crippen MR) is 110 cm³/mol. The second kappa shape index (κ2) is 9.18. The number of amides is 2. The Morgan fingerprint density at radius 3 is 2.59 bits per heavy atom. The monoisotopic (exact) mass is 396 g/mol. The molecule has 0 atom stereocenters. The van der Waals surface area contributed by atoms with Crippen LogP contribution in [0.3, 0.4) is 0 Å². The van der Waals surface area contributed by atoms with E-state index in [2.05, 4.69) is 16.3 Å². The molecule has 1 saturated heterocycles. The maximum Gasteiger partial charge on any atom is 0.270 e. The molecule has 0 aromatic heterocycles. The maximum atomic E-state index is 12.5. The first-order chi connectivity index (χ1) is 14.0. The maximum absolute atomic E-state index is 12.5. The molecule has 2 amide bonds. The molecule has 1 aliphatic rings. The Morgan fingerprint density at radius 2 is 1.86 bits per heavy atom. The molecule has 1 aliphatic heterocycles. The van der Waals surface area contributed by atoms with Crippen molar-refractivity contribution in [3.05, 3.63) is 69.8 Å². The second-order valence-electron chi connectivity index (χ2n) is 7.06. The first kappa shape index (κ1) is 20.3. The third-order valence-electron chi connectivity index (χ3n) is 4.99. The minimum atomic E-state index is -0.562. The molecular formula is C21H24N4O4. The lowest BCUT2D eigenvalue weighted by atomic mass is 10.1. The number of hydrogen-bond acceptors (Lipinski definition) is 5. The number of carbonyl (C=O) groups excluding carboxylic acids is 2. The number of nitrogens with zero attached hydrogens (tertiary/aromatic N) is 3. The number of nitro benzene ring substituents is 1. The number of anilines is 1. The zero-order chi connectivity index (χ0) is 20.8. The van der Waals surface area contributed by atoms with E-state index in [1.54, 1.807) is 11.9 Å². The summed E-state index contributed by atoms with van der Waals surface area (Å²) in [6.45, 7) is 2.31. The summed E-state index contributed by atoms with van der Waals surface area (Å²) in [4.78, 5) is 38.9. The van der Waals surface area contributed by atoms with E-state index in [0.29, 0.717) is 6.54 Å². The van der Waals surface area contributed by atoms with Crippen LogP contribution in [-0.2, 0) is 11.3 Å². The van der Waals surface area contributed by atoms with Crippen molar-refractivity contribution < 1.29 is 14.5 Å². The van der Waals surface area contributed by atoms with Crippen LogP contribution in [0.4, 0.5) is 11.4 Å². The number of rotatable bonds is 7. The molecule has 8 nitrogen and oxygen atoms in total. The summed E-state index contributed by atoms with van der Waals surface area (Å²) < 4.78 is 0. The Bertz CT molecular complexity index is 909. The van der Waals surface area contributed by atoms with E-state index in [-0.39, 0.29) is 23.7 Å². The van der Waals surface area contributed by atoms with Crippen molar-refractivity contribution in [3.63, 3.8) is 0 Å². The van der Waals surface area contributed by atoms with Crippen molar-refractivity contribution in [2.24, 2.45) is 0 Å². The molecule has 3 rings (SSSR count). The minimum Gasteiger partial charge on any atom is -0.371 e. The van der Waals surface area contributed by atoms with Crippen LogP contribution in [0.1, 0.15) is 28.8 Å². The second-order valence-corrected chi connectivity index (χ2v) is 7.06. The highest BCUT2D eigenvalue weighted by Gasteiger charge is 2.18. The number of benzene rings is 2. The van der Waals surface area contributed by atoms with Gasteiger partial charge in [0.2, 0.25) is 5.91 Å². The summed E-state index contributed by atoms with van der Waals surface area (Å²) in [7, 11) is 1.70. The summed E-state index contributed by atoms with van der Waals surface area (Å²) in [5, 5.41) is 13.4. The lowest BCUT2D eigenvalue weighted by Gasteiger charge is -2.24. The highest BCUT2D eigenvalue weighted by molar-refractivity contribution is 5.96. The third kappa shape index (κ3) is 5.10. The zero-order valence-electron chi connectivity index (χ0n) is 16.3. The van der Waals surface area contributed by atoms with Crippen molar-refractivity contribution in [2.75, 3.05) is 31.6 Å². The van der Waals surface area contributed by atoms with E-state index >= 15 is 0 Å². The fraction of sp³-hybridized carbons (Fsp3) is 0.333. The first-order valence-corrected chi connectivity index (χ1v) is 9.55. The quantitative estimate of drug-likeness (QED) is 0.573. The molecule has 2 aromatic carbocycles. The van der Waals surface area contributed by atoms with E-state index in [1.807, 2.05) is 18.2 Å². The van der Waals surface area contributed by atoms with Gasteiger partial charge in [-0.05, 0) is 30.5 Å². The molecule has 0 radical (unpaired) electrons. The SMILES string of the molecule is CN(Cc1ccccc1N1CCCC1)C(=O)CNC(=O)c1cccc([N+](=O)[O-])c1. The number of nitro groups is 1. The highest BCUT2D eigenvalue weighted by Crippen LogP contribution is 2.25. The average Bonchev–Trinajstić information content (AvgIpc) is 3.26. The smallest absolute Gasteiger partial charge is 0.270 e. The Kier molecular flexibility index (Phi) is 6.43. The predicted octanol–water partition coefficient (Wildman–Crippen LogP) is 2.58. The van der Waals surface area contributed by atoms with Gasteiger partial charge < -0.3 is 15.1 Å². The van der Waals surface area contributed by atoms with E-state index in [9.17, 15) is 19.7 Å². The van der Waals surface area contributed by atoms with Crippen molar-refractivity contribution in [2.45, 2.75) is 19.4 Å². The number of non-ortho nitro benzene ring substituents is 1. The largest absolute Gasteiger partial charge is 0.371 e. The lowest BCUT2D eigenvalue weighted by molar-refractivity contribution is -0.384. The van der Waals surface area contributed by atoms with Crippen molar-refractivity contribution >= 4 is 23.2 Å². The highest BCUT2D eigenvalue weighted by atomic mass is 16.6. The molecular weight excluding hydrogens is 372 g/mol. The van der Waals surface area contributed by atoms with Crippen molar-refractivity contribution in [3.8, 4) is 0 Å². The van der Waals surface area contributed by atoms with Gasteiger partial charge in [0, 0.05) is 50.1 Å². The van der Waals surface area contributed by atoms with Gasteiger partial charge in [0.05, 0.1) is 11.5 Å². The normalized spacial score (nSPS) is 13.2. The molecule has 1 heterocycles. The third-order valence-corrected chi connectivity index (χ3v) is 4.99. The molecule has 0 unspecified atom stereocenters. The zero-order valence-corrected chi connectivity index (χ0v) is 16.3. The van der Waals surface area contributed by atoms with Crippen molar-refractivity contribution in [1.29, 1.82) is 0 Å². The van der Waals surface area contributed by atoms with Gasteiger partial charge in [-0.1, -0.05) is 24.3 Å². The molecule has 0 spiro atoms. The fourth-order valence-corrected chi connectivity index (χ4v) is 3.41. The summed E-state index contributed by atoms with van der Waals surface area (Å²) in [6, 6.07) is 13.5. The van der Waals surface area contributed by atoms with E-state index in [1.165, 1.54) is 37.1 Å². The lowest BCUT2D eigenvalue weighted by Crippen LogP contribution is -2.38. The van der Waals surface area contributed by atoms with Gasteiger partial charge in [-0.25, -0.2) is 0 Å². The number of hydrogen-bond donors (Lipinski definition) is 1. The van der Waals surface area contributed by atoms with Crippen LogP contribution >= 0.6 is 0 Å². The standard InChI is InChI=1S/C21H24N4O4/c1-23(15-17-7-2-3-10-19(17)24-11-4-5-12-24)20(26)14-22-21(27)16-8-6-9-18(13-16)25(28)29/h2-3,6-10,13H,4-5,11-12,14-15H2,1H3,(H,22,27). The fourth-order valence-electron chi connectivity index (χ4n) is 3.41. The van der Waals surface area contributed by atoms with Crippen LogP contribution in [0, 0.1) is 10.1 Å². The van der Waals surface area contributed by atoms with Gasteiger partial charge in [-0.2, -0.15) is 0 Å². The van der Waals surface area contributed by atoms with E-state index < -0.39 is 10.8 Å². The molecule has 0 saturated carbocycles. The van der Waals surface area contributed by atoms with Gasteiger partial charge >= 0.3 is 0 Å². The van der Waals surface area contributed by atoms with Gasteiger partial charge in [-0.15, -0.1) is 0 Å². The molecule has 1 fully saturated rings. The Labute approximate surface area is 169 Å². The van der Waals surface area contributed by atoms with E-state index in [4.69, 9.17) is 0 Å². The number of para-hydroxylation sites is 1. The van der Waals surface area contributed by atoms with Crippen LogP contribution in [-0.4, -0.2) is 48.3 Å². The van der Waals surface area contributed by atoms with Gasteiger partial charge in [-0.3, -0.25) is 19.7 Å². The average molecular weight is 396 g/mol. The summed E-state index contributed by atoms with van der Waals surface area (Å²) >= 11 is 0. The van der Waals surface area contributed by atoms with Crippen LogP contribution in [0.25, 0.3) is 0 Å². The van der Waals surface area contributed by atoms with Crippen LogP contribution < -0.4 is 10.2 Å². The molecule has 8 heteroatoms. The van der Waals surface area contributed by atoms with Crippen molar-refractivity contribution in [1.82, 2.24) is 10.2 Å². The van der Waals surface area contributed by atoms with Crippen LogP contribution in [0.5, 0.6) is 0 Å². The minimum absolute atomic E-state index is 0.147. The van der Waals surface area contributed by atoms with E-state index in [0.717, 1.165) is 24.3 Å². The van der Waals surface area contributed by atoms with Gasteiger partial charge in [0.25, 0.3) is 11.6 Å². The molecule has 152 valence electrons. The Hall–Kier alpha value is -3.42. The molecule has 1 N–H and O–H groups in total. The van der Waals surface area contributed by atoms with Crippen LogP contribution in [0.15, 0.2) is 48.5 Å². The first-order valence-electron chi connectivity index (χ1n) is 9.55. The van der Waals surface area contributed by atoms with Gasteiger partial charge in [0.1, 0.15) is 0 Å². The van der Waals surface area contributed by atoms with Gasteiger partial charge in [0.15, 0.2) is 0 Å². The number of likely N-dealkylation sites (N-methyl/N-ethyl adjacent to an activating group) is 1.